The molecule has 3 heteroatoms. The maximum atomic E-state index is 5.86. The third kappa shape index (κ3) is 2.26. The minimum Gasteiger partial charge on any atom is -0.442 e. The van der Waals surface area contributed by atoms with Crippen molar-refractivity contribution >= 4 is 11.1 Å². The molecule has 0 spiro atoms. The maximum absolute atomic E-state index is 5.86. The lowest BCUT2D eigenvalue weighted by Crippen LogP contribution is -2.03. The molecule has 0 aromatic carbocycles. The molecule has 0 amide bonds. The highest BCUT2D eigenvalue weighted by Crippen LogP contribution is 2.30. The Morgan fingerprint density at radius 2 is 1.56 bits per heavy atom. The molecule has 0 saturated carbocycles. The topological polar surface area (TPSA) is 38.9 Å². The van der Waals surface area contributed by atoms with Crippen LogP contribution < -0.4 is 0 Å². The first-order chi connectivity index (χ1) is 8.40. The standard InChI is InChI=1S/C15H22N2O/c1-8(2)12-7-11-13(9(3)4)16-14(10(5)6)17-15(11)18-12/h7-10H,1-6H3. The monoisotopic (exact) mass is 246 g/mol. The fraction of sp³-hybridized carbons (Fsp3) is 0.600. The smallest absolute Gasteiger partial charge is 0.229 e. The fourth-order valence-electron chi connectivity index (χ4n) is 1.96. The van der Waals surface area contributed by atoms with Gasteiger partial charge in [-0.25, -0.2) is 4.98 Å². The lowest BCUT2D eigenvalue weighted by atomic mass is 10.0. The second-order valence-electron chi connectivity index (χ2n) is 5.80. The molecular weight excluding hydrogens is 224 g/mol. The van der Waals surface area contributed by atoms with Gasteiger partial charge >= 0.3 is 0 Å². The third-order valence-electron chi connectivity index (χ3n) is 3.09. The quantitative estimate of drug-likeness (QED) is 0.794. The van der Waals surface area contributed by atoms with Gasteiger partial charge in [-0.1, -0.05) is 41.5 Å². The number of aromatic nitrogens is 2. The Morgan fingerprint density at radius 3 is 2.06 bits per heavy atom. The van der Waals surface area contributed by atoms with Crippen molar-refractivity contribution in [3.63, 3.8) is 0 Å². The molecule has 0 unspecified atom stereocenters. The molecule has 0 fully saturated rings. The van der Waals surface area contributed by atoms with Crippen LogP contribution in [0.1, 0.15) is 76.6 Å². The van der Waals surface area contributed by atoms with Gasteiger partial charge in [-0.3, -0.25) is 0 Å². The van der Waals surface area contributed by atoms with Gasteiger partial charge in [0.15, 0.2) is 0 Å². The van der Waals surface area contributed by atoms with E-state index in [0.29, 0.717) is 17.8 Å². The maximum Gasteiger partial charge on any atom is 0.229 e. The summed E-state index contributed by atoms with van der Waals surface area (Å²) >= 11 is 0. The highest BCUT2D eigenvalue weighted by atomic mass is 16.3. The van der Waals surface area contributed by atoms with Gasteiger partial charge in [0.2, 0.25) is 5.71 Å². The zero-order chi connectivity index (χ0) is 13.4. The van der Waals surface area contributed by atoms with Gasteiger partial charge < -0.3 is 4.42 Å². The molecular formula is C15H22N2O. The van der Waals surface area contributed by atoms with Crippen molar-refractivity contribution in [2.24, 2.45) is 0 Å². The van der Waals surface area contributed by atoms with Gasteiger partial charge in [-0.15, -0.1) is 0 Å². The van der Waals surface area contributed by atoms with Crippen molar-refractivity contribution in [2.45, 2.75) is 59.3 Å². The summed E-state index contributed by atoms with van der Waals surface area (Å²) in [4.78, 5) is 9.24. The summed E-state index contributed by atoms with van der Waals surface area (Å²) in [5.74, 6) is 2.93. The van der Waals surface area contributed by atoms with Crippen LogP contribution in [0.5, 0.6) is 0 Å². The summed E-state index contributed by atoms with van der Waals surface area (Å²) in [6.45, 7) is 12.8. The molecule has 18 heavy (non-hydrogen) atoms. The molecule has 0 bridgehead atoms. The zero-order valence-corrected chi connectivity index (χ0v) is 12.1. The van der Waals surface area contributed by atoms with Crippen molar-refractivity contribution in [3.8, 4) is 0 Å². The number of fused-ring (bicyclic) bond motifs is 1. The number of furan rings is 1. The second kappa shape index (κ2) is 4.71. The van der Waals surface area contributed by atoms with Crippen LogP contribution in [0.3, 0.4) is 0 Å². The van der Waals surface area contributed by atoms with Gasteiger partial charge in [-0.05, 0) is 12.0 Å². The van der Waals surface area contributed by atoms with E-state index in [1.807, 2.05) is 0 Å². The van der Waals surface area contributed by atoms with Crippen LogP contribution in [-0.4, -0.2) is 9.97 Å². The Labute approximate surface area is 109 Å². The average Bonchev–Trinajstić information content (AvgIpc) is 2.70. The molecule has 2 aromatic rings. The van der Waals surface area contributed by atoms with Gasteiger partial charge in [-0.2, -0.15) is 4.98 Å². The van der Waals surface area contributed by atoms with E-state index in [1.165, 1.54) is 0 Å². The minimum absolute atomic E-state index is 0.319. The van der Waals surface area contributed by atoms with E-state index in [1.54, 1.807) is 0 Å². The van der Waals surface area contributed by atoms with Gasteiger partial charge in [0.05, 0.1) is 11.1 Å². The van der Waals surface area contributed by atoms with E-state index in [2.05, 4.69) is 52.6 Å². The average molecular weight is 246 g/mol. The molecule has 2 rings (SSSR count). The first kappa shape index (κ1) is 13.1. The van der Waals surface area contributed by atoms with E-state index in [-0.39, 0.29) is 0 Å². The predicted molar refractivity (Wildman–Crippen MR) is 74.1 cm³/mol. The SMILES string of the molecule is CC(C)c1nc(C(C)C)c2cc(C(C)C)oc2n1. The largest absolute Gasteiger partial charge is 0.442 e. The molecule has 0 aliphatic carbocycles. The van der Waals surface area contributed by atoms with E-state index < -0.39 is 0 Å². The first-order valence-electron chi connectivity index (χ1n) is 6.71. The number of hydrogen-bond donors (Lipinski definition) is 0. The molecule has 0 aliphatic heterocycles. The van der Waals surface area contributed by atoms with Crippen molar-refractivity contribution in [2.75, 3.05) is 0 Å². The van der Waals surface area contributed by atoms with Gasteiger partial charge in [0, 0.05) is 11.8 Å². The number of nitrogens with zero attached hydrogens (tertiary/aromatic N) is 2. The minimum atomic E-state index is 0.319. The summed E-state index contributed by atoms with van der Waals surface area (Å²) < 4.78 is 5.86. The van der Waals surface area contributed by atoms with Crippen molar-refractivity contribution < 1.29 is 4.42 Å². The van der Waals surface area contributed by atoms with Crippen LogP contribution in [0.4, 0.5) is 0 Å². The lowest BCUT2D eigenvalue weighted by molar-refractivity contribution is 0.510. The Kier molecular flexibility index (Phi) is 3.42. The van der Waals surface area contributed by atoms with Crippen LogP contribution in [0.15, 0.2) is 10.5 Å². The summed E-state index contributed by atoms with van der Waals surface area (Å²) in [7, 11) is 0. The highest BCUT2D eigenvalue weighted by Gasteiger charge is 2.17. The predicted octanol–water partition coefficient (Wildman–Crippen LogP) is 4.59. The van der Waals surface area contributed by atoms with Crippen LogP contribution in [0.2, 0.25) is 0 Å². The summed E-state index contributed by atoms with van der Waals surface area (Å²) in [6, 6.07) is 2.10. The Morgan fingerprint density at radius 1 is 0.889 bits per heavy atom. The molecule has 0 saturated heterocycles. The van der Waals surface area contributed by atoms with Crippen LogP contribution in [-0.2, 0) is 0 Å². The van der Waals surface area contributed by atoms with E-state index in [0.717, 1.165) is 28.4 Å². The molecule has 0 N–H and O–H groups in total. The first-order valence-corrected chi connectivity index (χ1v) is 6.71. The molecule has 0 radical (unpaired) electrons. The molecule has 0 aliphatic rings. The van der Waals surface area contributed by atoms with Crippen LogP contribution in [0, 0.1) is 0 Å². The van der Waals surface area contributed by atoms with Crippen molar-refractivity contribution in [3.05, 3.63) is 23.3 Å². The zero-order valence-electron chi connectivity index (χ0n) is 12.1. The lowest BCUT2D eigenvalue weighted by Gasteiger charge is -2.09. The fourth-order valence-corrected chi connectivity index (χ4v) is 1.96. The molecule has 98 valence electrons. The number of rotatable bonds is 3. The van der Waals surface area contributed by atoms with E-state index in [9.17, 15) is 0 Å². The highest BCUT2D eigenvalue weighted by molar-refractivity contribution is 5.77. The summed E-state index contributed by atoms with van der Waals surface area (Å²) in [5, 5.41) is 1.07. The molecule has 3 nitrogen and oxygen atoms in total. The van der Waals surface area contributed by atoms with Gasteiger partial charge in [0.1, 0.15) is 11.6 Å². The van der Waals surface area contributed by atoms with Crippen LogP contribution >= 0.6 is 0 Å². The number of hydrogen-bond acceptors (Lipinski definition) is 3. The Bertz CT molecular complexity index is 553. The Balaban J connectivity index is 2.69. The summed E-state index contributed by atoms with van der Waals surface area (Å²) in [5.41, 5.74) is 1.83. The molecule has 0 atom stereocenters. The molecule has 2 aromatic heterocycles. The molecule has 2 heterocycles. The Hall–Kier alpha value is -1.38. The van der Waals surface area contributed by atoms with E-state index in [4.69, 9.17) is 9.40 Å². The van der Waals surface area contributed by atoms with Crippen molar-refractivity contribution in [1.82, 2.24) is 9.97 Å². The van der Waals surface area contributed by atoms with Crippen molar-refractivity contribution in [1.29, 1.82) is 0 Å². The van der Waals surface area contributed by atoms with E-state index >= 15 is 0 Å². The third-order valence-corrected chi connectivity index (χ3v) is 3.09. The second-order valence-corrected chi connectivity index (χ2v) is 5.80. The van der Waals surface area contributed by atoms with Crippen LogP contribution in [0.25, 0.3) is 11.1 Å². The normalized spacial score (nSPS) is 12.3. The van der Waals surface area contributed by atoms with Gasteiger partial charge in [0.25, 0.3) is 0 Å². The summed E-state index contributed by atoms with van der Waals surface area (Å²) in [6.07, 6.45) is 0.